The second kappa shape index (κ2) is 9.97. The van der Waals surface area contributed by atoms with E-state index >= 15 is 0 Å². The fraction of sp³-hybridized carbons (Fsp3) is 0.333. The Kier molecular flexibility index (Phi) is 7.13. The Hall–Kier alpha value is -3.00. The number of hydrogen-bond acceptors (Lipinski definition) is 4. The van der Waals surface area contributed by atoms with Crippen LogP contribution in [0.5, 0.6) is 0 Å². The number of nitrogens with zero attached hydrogens (tertiary/aromatic N) is 2. The van der Waals surface area contributed by atoms with Crippen molar-refractivity contribution in [2.75, 3.05) is 26.3 Å². The van der Waals surface area contributed by atoms with Gasteiger partial charge in [0.05, 0.1) is 12.7 Å². The highest BCUT2D eigenvalue weighted by molar-refractivity contribution is 6.12. The largest absolute Gasteiger partial charge is 0.465 e. The predicted molar refractivity (Wildman–Crippen MR) is 103 cm³/mol. The lowest BCUT2D eigenvalue weighted by Crippen LogP contribution is -2.40. The van der Waals surface area contributed by atoms with Crippen molar-refractivity contribution < 1.29 is 28.3 Å². The summed E-state index contributed by atoms with van der Waals surface area (Å²) in [5.74, 6) is -1.88. The summed E-state index contributed by atoms with van der Waals surface area (Å²) >= 11 is 0. The van der Waals surface area contributed by atoms with E-state index in [9.17, 15) is 13.6 Å². The Morgan fingerprint density at radius 1 is 1.03 bits per heavy atom. The third-order valence-electron chi connectivity index (χ3n) is 4.64. The molecule has 0 saturated carbocycles. The molecule has 1 heterocycles. The van der Waals surface area contributed by atoms with Gasteiger partial charge in [0.1, 0.15) is 12.3 Å². The number of rotatable bonds is 7. The van der Waals surface area contributed by atoms with Crippen LogP contribution in [0.2, 0.25) is 0 Å². The molecule has 154 valence electrons. The number of oxime groups is 1. The predicted octanol–water partition coefficient (Wildman–Crippen LogP) is 3.89. The summed E-state index contributed by atoms with van der Waals surface area (Å²) in [5.41, 5.74) is 1.50. The average Bonchev–Trinajstić information content (AvgIpc) is 2.74. The first-order chi connectivity index (χ1) is 14.0. The van der Waals surface area contributed by atoms with Crippen LogP contribution in [0.3, 0.4) is 0 Å². The maximum absolute atomic E-state index is 13.7. The van der Waals surface area contributed by atoms with Crippen molar-refractivity contribution in [2.24, 2.45) is 5.16 Å². The SMILES string of the molecule is O=C(O)N1CCC(OCCON=C(c2ccccc2)c2ccc(F)c(F)c2)CC1. The fourth-order valence-electron chi connectivity index (χ4n) is 3.09. The molecule has 29 heavy (non-hydrogen) atoms. The summed E-state index contributed by atoms with van der Waals surface area (Å²) in [6, 6.07) is 12.7. The lowest BCUT2D eigenvalue weighted by molar-refractivity contribution is -0.0192. The molecule has 0 spiro atoms. The van der Waals surface area contributed by atoms with E-state index in [0.29, 0.717) is 49.4 Å². The molecule has 0 unspecified atom stereocenters. The number of carbonyl (C=O) groups is 1. The standard InChI is InChI=1S/C21H22F2N2O4/c22-18-7-6-16(14-19(18)23)20(15-4-2-1-3-5-15)24-29-13-12-28-17-8-10-25(11-9-17)21(26)27/h1-7,14,17H,8-13H2,(H,26,27). The van der Waals surface area contributed by atoms with Gasteiger partial charge in [-0.05, 0) is 31.0 Å². The first kappa shape index (κ1) is 20.7. The van der Waals surface area contributed by atoms with Crippen molar-refractivity contribution in [3.8, 4) is 0 Å². The molecule has 1 N–H and O–H groups in total. The van der Waals surface area contributed by atoms with Crippen molar-refractivity contribution in [3.63, 3.8) is 0 Å². The number of halogens is 2. The molecular formula is C21H22F2N2O4. The van der Waals surface area contributed by atoms with Crippen LogP contribution in [-0.2, 0) is 9.57 Å². The van der Waals surface area contributed by atoms with Crippen LogP contribution in [-0.4, -0.2) is 54.2 Å². The molecule has 1 amide bonds. The third kappa shape index (κ3) is 5.74. The Balaban J connectivity index is 1.57. The van der Waals surface area contributed by atoms with Gasteiger partial charge in [-0.3, -0.25) is 0 Å². The Labute approximate surface area is 167 Å². The number of benzene rings is 2. The monoisotopic (exact) mass is 404 g/mol. The van der Waals surface area contributed by atoms with E-state index in [-0.39, 0.29) is 12.7 Å². The van der Waals surface area contributed by atoms with Gasteiger partial charge in [0.15, 0.2) is 11.6 Å². The van der Waals surface area contributed by atoms with E-state index in [2.05, 4.69) is 5.16 Å². The molecule has 1 saturated heterocycles. The normalized spacial score (nSPS) is 15.4. The molecule has 2 aromatic carbocycles. The van der Waals surface area contributed by atoms with Crippen LogP contribution >= 0.6 is 0 Å². The number of hydrogen-bond donors (Lipinski definition) is 1. The zero-order chi connectivity index (χ0) is 20.6. The number of piperidine rings is 1. The van der Waals surface area contributed by atoms with Crippen LogP contribution in [0.25, 0.3) is 0 Å². The van der Waals surface area contributed by atoms with E-state index in [1.54, 1.807) is 12.1 Å². The molecule has 1 aliphatic heterocycles. The maximum atomic E-state index is 13.7. The molecule has 0 radical (unpaired) electrons. The number of carboxylic acid groups (broad SMARTS) is 1. The molecular weight excluding hydrogens is 382 g/mol. The minimum Gasteiger partial charge on any atom is -0.465 e. The van der Waals surface area contributed by atoms with E-state index < -0.39 is 17.7 Å². The summed E-state index contributed by atoms with van der Waals surface area (Å²) in [5, 5.41) is 13.1. The Morgan fingerprint density at radius 2 is 1.76 bits per heavy atom. The van der Waals surface area contributed by atoms with E-state index in [4.69, 9.17) is 14.7 Å². The first-order valence-electron chi connectivity index (χ1n) is 9.35. The van der Waals surface area contributed by atoms with Gasteiger partial charge in [-0.2, -0.15) is 0 Å². The van der Waals surface area contributed by atoms with Crippen LogP contribution in [0.1, 0.15) is 24.0 Å². The van der Waals surface area contributed by atoms with Crippen molar-refractivity contribution >= 4 is 11.8 Å². The highest BCUT2D eigenvalue weighted by Gasteiger charge is 2.22. The molecule has 0 aromatic heterocycles. The molecule has 0 bridgehead atoms. The molecule has 2 aromatic rings. The quantitative estimate of drug-likeness (QED) is 0.432. The van der Waals surface area contributed by atoms with Gasteiger partial charge >= 0.3 is 6.09 Å². The van der Waals surface area contributed by atoms with Gasteiger partial charge in [-0.15, -0.1) is 0 Å². The topological polar surface area (TPSA) is 71.4 Å². The second-order valence-electron chi connectivity index (χ2n) is 6.61. The summed E-state index contributed by atoms with van der Waals surface area (Å²) in [6.07, 6.45) is 0.351. The molecule has 1 fully saturated rings. The lowest BCUT2D eigenvalue weighted by Gasteiger charge is -2.29. The fourth-order valence-corrected chi connectivity index (χ4v) is 3.09. The van der Waals surface area contributed by atoms with Crippen LogP contribution < -0.4 is 0 Å². The van der Waals surface area contributed by atoms with E-state index in [1.165, 1.54) is 11.0 Å². The van der Waals surface area contributed by atoms with Crippen molar-refractivity contribution in [1.29, 1.82) is 0 Å². The molecule has 0 atom stereocenters. The smallest absolute Gasteiger partial charge is 0.407 e. The van der Waals surface area contributed by atoms with Crippen LogP contribution in [0, 0.1) is 11.6 Å². The van der Waals surface area contributed by atoms with Crippen molar-refractivity contribution in [1.82, 2.24) is 4.90 Å². The minimum absolute atomic E-state index is 0.0158. The Bertz CT molecular complexity index is 853. The Morgan fingerprint density at radius 3 is 2.41 bits per heavy atom. The number of amides is 1. The molecule has 1 aliphatic rings. The highest BCUT2D eigenvalue weighted by atomic mass is 19.2. The zero-order valence-electron chi connectivity index (χ0n) is 15.8. The van der Waals surface area contributed by atoms with E-state index in [0.717, 1.165) is 12.1 Å². The molecule has 0 aliphatic carbocycles. The molecule has 3 rings (SSSR count). The van der Waals surface area contributed by atoms with Gasteiger partial charge in [0.2, 0.25) is 0 Å². The summed E-state index contributed by atoms with van der Waals surface area (Å²) in [7, 11) is 0. The lowest BCUT2D eigenvalue weighted by atomic mass is 10.0. The van der Waals surface area contributed by atoms with Crippen LogP contribution in [0.4, 0.5) is 13.6 Å². The number of likely N-dealkylation sites (tertiary alicyclic amines) is 1. The summed E-state index contributed by atoms with van der Waals surface area (Å²) < 4.78 is 32.6. The minimum atomic E-state index is -0.956. The summed E-state index contributed by atoms with van der Waals surface area (Å²) in [6.45, 7) is 1.38. The first-order valence-corrected chi connectivity index (χ1v) is 9.35. The number of ether oxygens (including phenoxy) is 1. The average molecular weight is 404 g/mol. The van der Waals surface area contributed by atoms with Crippen LogP contribution in [0.15, 0.2) is 53.7 Å². The van der Waals surface area contributed by atoms with Gasteiger partial charge < -0.3 is 19.6 Å². The third-order valence-corrected chi connectivity index (χ3v) is 4.64. The summed E-state index contributed by atoms with van der Waals surface area (Å²) in [4.78, 5) is 17.6. The van der Waals surface area contributed by atoms with Gasteiger partial charge in [0.25, 0.3) is 0 Å². The maximum Gasteiger partial charge on any atom is 0.407 e. The highest BCUT2D eigenvalue weighted by Crippen LogP contribution is 2.16. The van der Waals surface area contributed by atoms with Gasteiger partial charge in [0, 0.05) is 24.2 Å². The van der Waals surface area contributed by atoms with Gasteiger partial charge in [-0.1, -0.05) is 35.5 Å². The second-order valence-corrected chi connectivity index (χ2v) is 6.61. The van der Waals surface area contributed by atoms with Gasteiger partial charge in [-0.25, -0.2) is 13.6 Å². The zero-order valence-corrected chi connectivity index (χ0v) is 15.8. The molecule has 8 heteroatoms. The van der Waals surface area contributed by atoms with Crippen molar-refractivity contribution in [2.45, 2.75) is 18.9 Å². The molecule has 6 nitrogen and oxygen atoms in total. The van der Waals surface area contributed by atoms with Crippen molar-refractivity contribution in [3.05, 3.63) is 71.3 Å². The van der Waals surface area contributed by atoms with E-state index in [1.807, 2.05) is 18.2 Å².